The van der Waals surface area contributed by atoms with Crippen LogP contribution in [0.3, 0.4) is 0 Å². The zero-order valence-corrected chi connectivity index (χ0v) is 14.2. The van der Waals surface area contributed by atoms with E-state index >= 15 is 0 Å². The standard InChI is InChI=1S/C16H18N2O5S/c1-17(11-13-6-8-16(23-2)9-7-13)24(21,22)12-14-4-3-5-15(10-14)18(19)20/h3-10H,11-12H2,1-2H3. The molecule has 0 aliphatic carbocycles. The lowest BCUT2D eigenvalue weighted by Gasteiger charge is -2.17. The Hall–Kier alpha value is -2.45. The van der Waals surface area contributed by atoms with E-state index in [0.717, 1.165) is 5.56 Å². The first kappa shape index (κ1) is 17.9. The highest BCUT2D eigenvalue weighted by molar-refractivity contribution is 7.88. The summed E-state index contributed by atoms with van der Waals surface area (Å²) in [5.74, 6) is 0.405. The molecule has 2 aromatic rings. The van der Waals surface area contributed by atoms with E-state index in [2.05, 4.69) is 0 Å². The first-order valence-electron chi connectivity index (χ1n) is 7.12. The summed E-state index contributed by atoms with van der Waals surface area (Å²) >= 11 is 0. The second kappa shape index (κ2) is 7.41. The molecule has 0 unspecified atom stereocenters. The van der Waals surface area contributed by atoms with Gasteiger partial charge in [0.05, 0.1) is 17.8 Å². The summed E-state index contributed by atoms with van der Waals surface area (Å²) in [7, 11) is -0.547. The Morgan fingerprint density at radius 3 is 2.38 bits per heavy atom. The van der Waals surface area contributed by atoms with E-state index in [1.807, 2.05) is 0 Å². The van der Waals surface area contributed by atoms with Gasteiger partial charge in [-0.1, -0.05) is 24.3 Å². The third-order valence-corrected chi connectivity index (χ3v) is 5.29. The van der Waals surface area contributed by atoms with E-state index in [4.69, 9.17) is 4.74 Å². The minimum Gasteiger partial charge on any atom is -0.497 e. The van der Waals surface area contributed by atoms with Gasteiger partial charge in [-0.05, 0) is 23.3 Å². The SMILES string of the molecule is COc1ccc(CN(C)S(=O)(=O)Cc2cccc([N+](=O)[O-])c2)cc1. The van der Waals surface area contributed by atoms with Crippen LogP contribution in [-0.4, -0.2) is 31.8 Å². The number of sulfonamides is 1. The molecule has 0 saturated carbocycles. The Balaban J connectivity index is 2.10. The zero-order valence-electron chi connectivity index (χ0n) is 13.4. The predicted octanol–water partition coefficient (Wildman–Crippen LogP) is 2.57. The first-order valence-corrected chi connectivity index (χ1v) is 8.73. The molecule has 0 heterocycles. The Morgan fingerprint density at radius 1 is 1.12 bits per heavy atom. The molecule has 0 N–H and O–H groups in total. The number of nitrogens with zero attached hydrogens (tertiary/aromatic N) is 2. The monoisotopic (exact) mass is 350 g/mol. The van der Waals surface area contributed by atoms with E-state index in [9.17, 15) is 18.5 Å². The number of hydrogen-bond donors (Lipinski definition) is 0. The highest BCUT2D eigenvalue weighted by Crippen LogP contribution is 2.18. The molecule has 0 aliphatic rings. The van der Waals surface area contributed by atoms with Gasteiger partial charge in [-0.3, -0.25) is 10.1 Å². The maximum absolute atomic E-state index is 12.4. The number of methoxy groups -OCH3 is 1. The molecule has 0 aliphatic heterocycles. The van der Waals surface area contributed by atoms with Crippen molar-refractivity contribution in [1.82, 2.24) is 4.31 Å². The number of ether oxygens (including phenoxy) is 1. The summed E-state index contributed by atoms with van der Waals surface area (Å²) in [6, 6.07) is 12.7. The molecular formula is C16H18N2O5S. The largest absolute Gasteiger partial charge is 0.497 e. The van der Waals surface area contributed by atoms with Gasteiger partial charge in [0.25, 0.3) is 5.69 Å². The Kier molecular flexibility index (Phi) is 5.53. The normalized spacial score (nSPS) is 11.5. The highest BCUT2D eigenvalue weighted by Gasteiger charge is 2.20. The quantitative estimate of drug-likeness (QED) is 0.565. The minimum absolute atomic E-state index is 0.125. The summed E-state index contributed by atoms with van der Waals surface area (Å²) in [6.07, 6.45) is 0. The lowest BCUT2D eigenvalue weighted by Crippen LogP contribution is -2.27. The van der Waals surface area contributed by atoms with Gasteiger partial charge >= 0.3 is 0 Å². The first-order chi connectivity index (χ1) is 11.3. The molecule has 7 nitrogen and oxygen atoms in total. The van der Waals surface area contributed by atoms with Crippen molar-refractivity contribution in [2.45, 2.75) is 12.3 Å². The van der Waals surface area contributed by atoms with Crippen molar-refractivity contribution >= 4 is 15.7 Å². The van der Waals surface area contributed by atoms with Gasteiger partial charge in [-0.25, -0.2) is 12.7 Å². The maximum atomic E-state index is 12.4. The van der Waals surface area contributed by atoms with E-state index in [1.165, 1.54) is 29.6 Å². The molecule has 8 heteroatoms. The second-order valence-electron chi connectivity index (χ2n) is 5.29. The van der Waals surface area contributed by atoms with Crippen LogP contribution in [0.1, 0.15) is 11.1 Å². The molecule has 0 bridgehead atoms. The second-order valence-corrected chi connectivity index (χ2v) is 7.36. The van der Waals surface area contributed by atoms with E-state index < -0.39 is 14.9 Å². The van der Waals surface area contributed by atoms with Gasteiger partial charge in [0.1, 0.15) is 5.75 Å². The predicted molar refractivity (Wildman–Crippen MR) is 90.2 cm³/mol. The van der Waals surface area contributed by atoms with Crippen LogP contribution in [0, 0.1) is 10.1 Å². The molecule has 24 heavy (non-hydrogen) atoms. The number of benzene rings is 2. The zero-order chi connectivity index (χ0) is 17.7. The fourth-order valence-corrected chi connectivity index (χ4v) is 3.33. The molecule has 0 spiro atoms. The third kappa shape index (κ3) is 4.53. The third-order valence-electron chi connectivity index (χ3n) is 3.51. The van der Waals surface area contributed by atoms with Crippen LogP contribution >= 0.6 is 0 Å². The van der Waals surface area contributed by atoms with Gasteiger partial charge in [0, 0.05) is 25.7 Å². The van der Waals surface area contributed by atoms with Crippen molar-refractivity contribution in [3.63, 3.8) is 0 Å². The molecule has 0 fully saturated rings. The Labute approximate surface area is 140 Å². The molecule has 2 rings (SSSR count). The van der Waals surface area contributed by atoms with Crippen molar-refractivity contribution in [2.75, 3.05) is 14.2 Å². The number of nitro groups is 1. The number of hydrogen-bond acceptors (Lipinski definition) is 5. The van der Waals surface area contributed by atoms with Crippen LogP contribution in [-0.2, 0) is 22.3 Å². The van der Waals surface area contributed by atoms with Crippen molar-refractivity contribution in [2.24, 2.45) is 0 Å². The summed E-state index contributed by atoms with van der Waals surface area (Å²) < 4.78 is 31.2. The van der Waals surface area contributed by atoms with Gasteiger partial charge in [-0.15, -0.1) is 0 Å². The topological polar surface area (TPSA) is 89.8 Å². The van der Waals surface area contributed by atoms with Crippen LogP contribution < -0.4 is 4.74 Å². The van der Waals surface area contributed by atoms with Crippen LogP contribution in [0.25, 0.3) is 0 Å². The maximum Gasteiger partial charge on any atom is 0.269 e. The van der Waals surface area contributed by atoms with Crippen molar-refractivity contribution in [3.8, 4) is 5.75 Å². The molecule has 2 aromatic carbocycles. The average Bonchev–Trinajstić information content (AvgIpc) is 2.55. The molecule has 0 amide bonds. The van der Waals surface area contributed by atoms with Crippen LogP contribution in [0.5, 0.6) is 5.75 Å². The fraction of sp³-hybridized carbons (Fsp3) is 0.250. The van der Waals surface area contributed by atoms with Crippen molar-refractivity contribution in [3.05, 3.63) is 69.8 Å². The average molecular weight is 350 g/mol. The minimum atomic E-state index is -3.59. The smallest absolute Gasteiger partial charge is 0.269 e. The fourth-order valence-electron chi connectivity index (χ4n) is 2.17. The lowest BCUT2D eigenvalue weighted by atomic mass is 10.2. The molecular weight excluding hydrogens is 332 g/mol. The van der Waals surface area contributed by atoms with E-state index in [0.29, 0.717) is 11.3 Å². The summed E-state index contributed by atoms with van der Waals surface area (Å²) in [6.45, 7) is 0.210. The van der Waals surface area contributed by atoms with Gasteiger partial charge < -0.3 is 4.74 Å². The van der Waals surface area contributed by atoms with Gasteiger partial charge in [-0.2, -0.15) is 0 Å². The van der Waals surface area contributed by atoms with Crippen molar-refractivity contribution < 1.29 is 18.1 Å². The molecule has 0 saturated heterocycles. The van der Waals surface area contributed by atoms with Crippen LogP contribution in [0.4, 0.5) is 5.69 Å². The van der Waals surface area contributed by atoms with Crippen molar-refractivity contribution in [1.29, 1.82) is 0 Å². The number of nitro benzene ring substituents is 1. The highest BCUT2D eigenvalue weighted by atomic mass is 32.2. The summed E-state index contributed by atoms with van der Waals surface area (Å²) in [5, 5.41) is 10.8. The van der Waals surface area contributed by atoms with Crippen LogP contribution in [0.2, 0.25) is 0 Å². The Morgan fingerprint density at radius 2 is 1.79 bits per heavy atom. The summed E-state index contributed by atoms with van der Waals surface area (Å²) in [4.78, 5) is 10.2. The van der Waals surface area contributed by atoms with E-state index in [1.54, 1.807) is 37.4 Å². The number of non-ortho nitro benzene ring substituents is 1. The number of rotatable bonds is 7. The molecule has 0 radical (unpaired) electrons. The molecule has 128 valence electrons. The van der Waals surface area contributed by atoms with Gasteiger partial charge in [0.15, 0.2) is 0 Å². The molecule has 0 atom stereocenters. The van der Waals surface area contributed by atoms with Crippen LogP contribution in [0.15, 0.2) is 48.5 Å². The van der Waals surface area contributed by atoms with Gasteiger partial charge in [0.2, 0.25) is 10.0 Å². The summed E-state index contributed by atoms with van der Waals surface area (Å²) in [5.41, 5.74) is 1.08. The molecule has 0 aromatic heterocycles. The lowest BCUT2D eigenvalue weighted by molar-refractivity contribution is -0.384. The Bertz CT molecular complexity index is 819. The van der Waals surface area contributed by atoms with E-state index in [-0.39, 0.29) is 18.0 Å².